The first-order valence-corrected chi connectivity index (χ1v) is 6.00. The average Bonchev–Trinajstić information content (AvgIpc) is 2.52. The summed E-state index contributed by atoms with van der Waals surface area (Å²) in [5, 5.41) is 11.0. The van der Waals surface area contributed by atoms with Gasteiger partial charge in [0.2, 0.25) is 5.88 Å². The maximum absolute atomic E-state index is 11.0. The van der Waals surface area contributed by atoms with Gasteiger partial charge in [0.15, 0.2) is 5.75 Å². The number of carbonyl (C=O) groups is 1. The Balaban J connectivity index is 2.19. The van der Waals surface area contributed by atoms with Crippen LogP contribution in [0.3, 0.4) is 0 Å². The molecule has 108 valence electrons. The van der Waals surface area contributed by atoms with Crippen LogP contribution in [0.2, 0.25) is 0 Å². The van der Waals surface area contributed by atoms with Crippen LogP contribution in [-0.2, 0) is 6.61 Å². The summed E-state index contributed by atoms with van der Waals surface area (Å²) >= 11 is 0. The number of ether oxygens (including phenoxy) is 2. The summed E-state index contributed by atoms with van der Waals surface area (Å²) in [7, 11) is 1.50. The van der Waals surface area contributed by atoms with E-state index in [0.717, 1.165) is 0 Å². The van der Waals surface area contributed by atoms with Crippen LogP contribution in [0, 0.1) is 10.1 Å². The zero-order valence-corrected chi connectivity index (χ0v) is 11.2. The van der Waals surface area contributed by atoms with E-state index in [4.69, 9.17) is 9.47 Å². The maximum atomic E-state index is 11.0. The number of hydrogen-bond acceptors (Lipinski definition) is 6. The number of benzene rings is 1. The summed E-state index contributed by atoms with van der Waals surface area (Å²) in [5.41, 5.74) is 0.527. The van der Waals surface area contributed by atoms with Gasteiger partial charge in [0, 0.05) is 17.7 Å². The molecule has 0 aliphatic rings. The highest BCUT2D eigenvalue weighted by molar-refractivity contribution is 5.77. The van der Waals surface area contributed by atoms with Gasteiger partial charge in [-0.1, -0.05) is 6.07 Å². The number of hydrogen-bond donors (Lipinski definition) is 0. The van der Waals surface area contributed by atoms with E-state index < -0.39 is 4.92 Å². The zero-order chi connectivity index (χ0) is 15.2. The third kappa shape index (κ3) is 3.53. The number of nitro benzene ring substituents is 1. The lowest BCUT2D eigenvalue weighted by molar-refractivity contribution is -0.386. The molecule has 0 saturated carbocycles. The molecule has 7 nitrogen and oxygen atoms in total. The van der Waals surface area contributed by atoms with Crippen LogP contribution in [0.15, 0.2) is 36.4 Å². The van der Waals surface area contributed by atoms with Gasteiger partial charge in [-0.15, -0.1) is 0 Å². The van der Waals surface area contributed by atoms with E-state index >= 15 is 0 Å². The van der Waals surface area contributed by atoms with Crippen LogP contribution in [0.4, 0.5) is 5.69 Å². The molecule has 7 heteroatoms. The number of aromatic nitrogens is 1. The van der Waals surface area contributed by atoms with Crippen LogP contribution in [0.25, 0.3) is 0 Å². The van der Waals surface area contributed by atoms with Crippen molar-refractivity contribution in [1.29, 1.82) is 0 Å². The smallest absolute Gasteiger partial charge is 0.311 e. The van der Waals surface area contributed by atoms with Gasteiger partial charge in [-0.05, 0) is 18.2 Å². The topological polar surface area (TPSA) is 91.6 Å². The number of methoxy groups -OCH3 is 1. The highest BCUT2D eigenvalue weighted by Gasteiger charge is 2.16. The van der Waals surface area contributed by atoms with E-state index in [1.807, 2.05) is 0 Å². The first-order valence-electron chi connectivity index (χ1n) is 6.00. The molecule has 0 atom stereocenters. The third-order valence-corrected chi connectivity index (χ3v) is 2.68. The van der Waals surface area contributed by atoms with Crippen molar-refractivity contribution in [3.8, 4) is 11.6 Å². The number of carbonyl (C=O) groups excluding carboxylic acids is 1. The minimum atomic E-state index is -0.596. The number of nitrogens with zero attached hydrogens (tertiary/aromatic N) is 2. The molecule has 0 unspecified atom stereocenters. The van der Waals surface area contributed by atoms with Gasteiger partial charge in [-0.3, -0.25) is 14.9 Å². The largest absolute Gasteiger partial charge is 0.481 e. The summed E-state index contributed by atoms with van der Waals surface area (Å²) in [6.45, 7) is 0.0540. The summed E-state index contributed by atoms with van der Waals surface area (Å²) < 4.78 is 10.4. The summed E-state index contributed by atoms with van der Waals surface area (Å²) in [5.74, 6) is 0.511. The highest BCUT2D eigenvalue weighted by Crippen LogP contribution is 2.28. The Morgan fingerprint density at radius 2 is 2.14 bits per heavy atom. The Kier molecular flexibility index (Phi) is 4.45. The van der Waals surface area contributed by atoms with Crippen molar-refractivity contribution >= 4 is 12.0 Å². The first-order chi connectivity index (χ1) is 10.1. The van der Waals surface area contributed by atoms with Crippen molar-refractivity contribution in [2.75, 3.05) is 7.11 Å². The molecule has 0 spiro atoms. The minimum absolute atomic E-state index is 0.0540. The molecular weight excluding hydrogens is 276 g/mol. The number of pyridine rings is 1. The molecule has 1 heterocycles. The van der Waals surface area contributed by atoms with Crippen molar-refractivity contribution in [3.63, 3.8) is 0 Å². The van der Waals surface area contributed by atoms with Crippen molar-refractivity contribution in [1.82, 2.24) is 4.98 Å². The van der Waals surface area contributed by atoms with Crippen LogP contribution in [-0.4, -0.2) is 23.3 Å². The Bertz CT molecular complexity index is 672. The van der Waals surface area contributed by atoms with Crippen molar-refractivity contribution in [2.24, 2.45) is 0 Å². The van der Waals surface area contributed by atoms with E-state index in [9.17, 15) is 14.9 Å². The Labute approximate surface area is 120 Å². The highest BCUT2D eigenvalue weighted by atomic mass is 16.6. The molecule has 1 aromatic carbocycles. The molecule has 1 aromatic heterocycles. The SMILES string of the molecule is COc1cccc(COc2ccc(C=O)cc2[N+](=O)[O-])n1. The van der Waals surface area contributed by atoms with Gasteiger partial charge in [0.25, 0.3) is 0 Å². The molecule has 0 radical (unpaired) electrons. The predicted molar refractivity (Wildman–Crippen MR) is 73.6 cm³/mol. The van der Waals surface area contributed by atoms with Gasteiger partial charge >= 0.3 is 5.69 Å². The lowest BCUT2D eigenvalue weighted by atomic mass is 10.2. The van der Waals surface area contributed by atoms with Crippen LogP contribution < -0.4 is 9.47 Å². The standard InChI is InChI=1S/C14H12N2O5/c1-20-14-4-2-3-11(15-14)9-21-13-6-5-10(8-17)7-12(13)16(18)19/h2-8H,9H2,1H3. The van der Waals surface area contributed by atoms with E-state index in [2.05, 4.69) is 4.98 Å². The first kappa shape index (κ1) is 14.4. The molecule has 0 N–H and O–H groups in total. The van der Waals surface area contributed by atoms with Gasteiger partial charge in [-0.25, -0.2) is 4.98 Å². The summed E-state index contributed by atoms with van der Waals surface area (Å²) in [6.07, 6.45) is 0.542. The lowest BCUT2D eigenvalue weighted by Crippen LogP contribution is -2.02. The minimum Gasteiger partial charge on any atom is -0.481 e. The molecule has 0 saturated heterocycles. The molecule has 2 rings (SSSR count). The monoisotopic (exact) mass is 288 g/mol. The second-order valence-corrected chi connectivity index (χ2v) is 4.06. The molecular formula is C14H12N2O5. The van der Waals surface area contributed by atoms with E-state index in [1.165, 1.54) is 25.3 Å². The Hall–Kier alpha value is -2.96. The number of nitro groups is 1. The van der Waals surface area contributed by atoms with Gasteiger partial charge in [-0.2, -0.15) is 0 Å². The van der Waals surface area contributed by atoms with Gasteiger partial charge in [0.1, 0.15) is 12.9 Å². The molecule has 0 aliphatic heterocycles. The number of rotatable bonds is 6. The Morgan fingerprint density at radius 1 is 1.33 bits per heavy atom. The molecule has 2 aromatic rings. The van der Waals surface area contributed by atoms with E-state index in [-0.39, 0.29) is 23.6 Å². The fourth-order valence-electron chi connectivity index (χ4n) is 1.68. The van der Waals surface area contributed by atoms with Crippen molar-refractivity contribution in [2.45, 2.75) is 6.61 Å². The van der Waals surface area contributed by atoms with Gasteiger partial charge < -0.3 is 9.47 Å². The van der Waals surface area contributed by atoms with Crippen molar-refractivity contribution in [3.05, 3.63) is 57.8 Å². The fraction of sp³-hybridized carbons (Fsp3) is 0.143. The van der Waals surface area contributed by atoms with Crippen molar-refractivity contribution < 1.29 is 19.2 Å². The van der Waals surface area contributed by atoms with Crippen LogP contribution >= 0.6 is 0 Å². The average molecular weight is 288 g/mol. The van der Waals surface area contributed by atoms with Crippen LogP contribution in [0.1, 0.15) is 16.1 Å². The zero-order valence-electron chi connectivity index (χ0n) is 11.2. The van der Waals surface area contributed by atoms with Gasteiger partial charge in [0.05, 0.1) is 17.7 Å². The van der Waals surface area contributed by atoms with Crippen LogP contribution in [0.5, 0.6) is 11.6 Å². The predicted octanol–water partition coefficient (Wildman–Crippen LogP) is 2.39. The molecule has 0 bridgehead atoms. The normalized spacial score (nSPS) is 9.95. The Morgan fingerprint density at radius 3 is 2.81 bits per heavy atom. The van der Waals surface area contributed by atoms with E-state index in [1.54, 1.807) is 18.2 Å². The molecule has 0 aliphatic carbocycles. The quantitative estimate of drug-likeness (QED) is 0.460. The molecule has 21 heavy (non-hydrogen) atoms. The second kappa shape index (κ2) is 6.47. The maximum Gasteiger partial charge on any atom is 0.311 e. The summed E-state index contributed by atoms with van der Waals surface area (Å²) in [4.78, 5) is 25.2. The summed E-state index contributed by atoms with van der Waals surface area (Å²) in [6, 6.07) is 9.16. The van der Waals surface area contributed by atoms with E-state index in [0.29, 0.717) is 17.9 Å². The number of aldehydes is 1. The third-order valence-electron chi connectivity index (χ3n) is 2.68. The molecule has 0 fully saturated rings. The fourth-order valence-corrected chi connectivity index (χ4v) is 1.68. The lowest BCUT2D eigenvalue weighted by Gasteiger charge is -2.07. The molecule has 0 amide bonds. The second-order valence-electron chi connectivity index (χ2n) is 4.06.